The lowest BCUT2D eigenvalue weighted by atomic mass is 10.1. The van der Waals surface area contributed by atoms with Crippen molar-refractivity contribution in [3.8, 4) is 11.8 Å². The van der Waals surface area contributed by atoms with Crippen molar-refractivity contribution in [1.82, 2.24) is 9.88 Å². The van der Waals surface area contributed by atoms with E-state index in [1.165, 1.54) is 6.20 Å². The molecule has 2 aromatic rings. The number of carboxylic acid groups (broad SMARTS) is 1. The third kappa shape index (κ3) is 6.49. The molecule has 0 unspecified atom stereocenters. The SMILES string of the molecule is C=C(C)NCCOCCOCC#Cc1ccc2c(c1)c(=O)c(C(=O)O)cn2CC. The third-order valence-electron chi connectivity index (χ3n) is 4.10. The first kappa shape index (κ1) is 22.2. The Hall–Kier alpha value is -3.08. The highest BCUT2D eigenvalue weighted by Gasteiger charge is 2.14. The second-order valence-electron chi connectivity index (χ2n) is 6.37. The number of nitrogens with one attached hydrogen (secondary N) is 1. The fourth-order valence-electron chi connectivity index (χ4n) is 2.71. The minimum Gasteiger partial charge on any atom is -0.477 e. The van der Waals surface area contributed by atoms with E-state index in [0.717, 1.165) is 5.70 Å². The second kappa shape index (κ2) is 11.1. The van der Waals surface area contributed by atoms with Crippen LogP contribution < -0.4 is 10.7 Å². The van der Waals surface area contributed by atoms with Crippen LogP contribution in [0.2, 0.25) is 0 Å². The first-order valence-electron chi connectivity index (χ1n) is 9.38. The van der Waals surface area contributed by atoms with Crippen LogP contribution in [0.3, 0.4) is 0 Å². The Morgan fingerprint density at radius 1 is 1.28 bits per heavy atom. The summed E-state index contributed by atoms with van der Waals surface area (Å²) in [7, 11) is 0. The predicted molar refractivity (Wildman–Crippen MR) is 112 cm³/mol. The molecule has 0 aliphatic rings. The van der Waals surface area contributed by atoms with Gasteiger partial charge in [-0.2, -0.15) is 0 Å². The highest BCUT2D eigenvalue weighted by molar-refractivity contribution is 5.92. The molecule has 0 aliphatic heterocycles. The summed E-state index contributed by atoms with van der Waals surface area (Å²) in [6.45, 7) is 10.5. The number of rotatable bonds is 10. The highest BCUT2D eigenvalue weighted by atomic mass is 16.5. The van der Waals surface area contributed by atoms with Crippen LogP contribution in [0.15, 0.2) is 41.5 Å². The molecule has 0 spiro atoms. The summed E-state index contributed by atoms with van der Waals surface area (Å²) < 4.78 is 12.5. The average Bonchev–Trinajstić information content (AvgIpc) is 2.69. The van der Waals surface area contributed by atoms with Crippen molar-refractivity contribution in [2.45, 2.75) is 20.4 Å². The first-order chi connectivity index (χ1) is 13.9. The molecule has 0 fully saturated rings. The molecule has 1 heterocycles. The molecule has 0 bridgehead atoms. The van der Waals surface area contributed by atoms with Crippen LogP contribution in [-0.4, -0.2) is 48.6 Å². The maximum absolute atomic E-state index is 12.5. The maximum atomic E-state index is 12.5. The van der Waals surface area contributed by atoms with E-state index in [1.54, 1.807) is 22.8 Å². The van der Waals surface area contributed by atoms with Gasteiger partial charge in [-0.3, -0.25) is 4.79 Å². The number of hydrogen-bond donors (Lipinski definition) is 2. The van der Waals surface area contributed by atoms with E-state index in [1.807, 2.05) is 13.8 Å². The molecule has 0 saturated heterocycles. The molecule has 1 aromatic heterocycles. The van der Waals surface area contributed by atoms with Gasteiger partial charge in [-0.15, -0.1) is 0 Å². The number of pyridine rings is 1. The molecular weight excluding hydrogens is 372 g/mol. The van der Waals surface area contributed by atoms with Gasteiger partial charge in [0.2, 0.25) is 5.43 Å². The minimum atomic E-state index is -1.23. The van der Waals surface area contributed by atoms with Gasteiger partial charge >= 0.3 is 5.97 Å². The van der Waals surface area contributed by atoms with E-state index < -0.39 is 11.4 Å². The normalized spacial score (nSPS) is 10.4. The number of allylic oxidation sites excluding steroid dienone is 1. The number of hydrogen-bond acceptors (Lipinski definition) is 5. The Morgan fingerprint density at radius 2 is 2.03 bits per heavy atom. The van der Waals surface area contributed by atoms with Gasteiger partial charge < -0.3 is 24.5 Å². The summed E-state index contributed by atoms with van der Waals surface area (Å²) in [5, 5.41) is 12.7. The zero-order valence-electron chi connectivity index (χ0n) is 16.8. The molecule has 1 aromatic carbocycles. The average molecular weight is 398 g/mol. The van der Waals surface area contributed by atoms with Crippen LogP contribution in [0.4, 0.5) is 0 Å². The van der Waals surface area contributed by atoms with Gasteiger partial charge in [0.15, 0.2) is 0 Å². The molecule has 29 heavy (non-hydrogen) atoms. The highest BCUT2D eigenvalue weighted by Crippen LogP contribution is 2.14. The first-order valence-corrected chi connectivity index (χ1v) is 9.38. The van der Waals surface area contributed by atoms with Crippen LogP contribution in [0.25, 0.3) is 10.9 Å². The zero-order valence-corrected chi connectivity index (χ0v) is 16.8. The topological polar surface area (TPSA) is 89.8 Å². The summed E-state index contributed by atoms with van der Waals surface area (Å²) in [6, 6.07) is 5.21. The number of aryl methyl sites for hydroxylation is 1. The lowest BCUT2D eigenvalue weighted by Gasteiger charge is -2.10. The van der Waals surface area contributed by atoms with E-state index >= 15 is 0 Å². The van der Waals surface area contributed by atoms with Crippen LogP contribution in [0, 0.1) is 11.8 Å². The van der Waals surface area contributed by atoms with E-state index in [9.17, 15) is 14.7 Å². The maximum Gasteiger partial charge on any atom is 0.341 e. The Bertz CT molecular complexity index is 998. The number of aromatic carboxylic acids is 1. The van der Waals surface area contributed by atoms with Crippen molar-refractivity contribution in [2.75, 3.05) is 33.0 Å². The van der Waals surface area contributed by atoms with Gasteiger partial charge in [0.05, 0.1) is 25.3 Å². The number of ether oxygens (including phenoxy) is 2. The monoisotopic (exact) mass is 398 g/mol. The van der Waals surface area contributed by atoms with Gasteiger partial charge in [0.25, 0.3) is 0 Å². The smallest absolute Gasteiger partial charge is 0.341 e. The second-order valence-corrected chi connectivity index (χ2v) is 6.37. The lowest BCUT2D eigenvalue weighted by molar-refractivity contribution is 0.0620. The van der Waals surface area contributed by atoms with Crippen molar-refractivity contribution < 1.29 is 19.4 Å². The molecule has 0 atom stereocenters. The molecule has 2 N–H and O–H groups in total. The quantitative estimate of drug-likeness (QED) is 0.471. The minimum absolute atomic E-state index is 0.236. The number of aromatic nitrogens is 1. The van der Waals surface area contributed by atoms with Crippen molar-refractivity contribution in [3.05, 3.63) is 58.0 Å². The van der Waals surface area contributed by atoms with Crippen molar-refractivity contribution in [3.63, 3.8) is 0 Å². The van der Waals surface area contributed by atoms with Gasteiger partial charge in [-0.25, -0.2) is 4.79 Å². The fourth-order valence-corrected chi connectivity index (χ4v) is 2.71. The summed E-state index contributed by atoms with van der Waals surface area (Å²) in [5.41, 5.74) is 1.47. The van der Waals surface area contributed by atoms with Crippen molar-refractivity contribution in [1.29, 1.82) is 0 Å². The zero-order chi connectivity index (χ0) is 21.2. The molecule has 0 amide bonds. The fraction of sp³-hybridized carbons (Fsp3) is 0.364. The molecule has 7 heteroatoms. The van der Waals surface area contributed by atoms with E-state index in [-0.39, 0.29) is 12.2 Å². The molecule has 0 aliphatic carbocycles. The van der Waals surface area contributed by atoms with Gasteiger partial charge in [0.1, 0.15) is 12.2 Å². The molecule has 0 radical (unpaired) electrons. The number of benzene rings is 1. The number of carboxylic acids is 1. The van der Waals surface area contributed by atoms with Crippen LogP contribution in [0.5, 0.6) is 0 Å². The lowest BCUT2D eigenvalue weighted by Crippen LogP contribution is -2.18. The van der Waals surface area contributed by atoms with E-state index in [0.29, 0.717) is 49.4 Å². The predicted octanol–water partition coefficient (Wildman–Crippen LogP) is 2.23. The molecular formula is C22H26N2O5. The largest absolute Gasteiger partial charge is 0.477 e. The van der Waals surface area contributed by atoms with Crippen molar-refractivity contribution in [2.24, 2.45) is 0 Å². The number of fused-ring (bicyclic) bond motifs is 1. The summed E-state index contributed by atoms with van der Waals surface area (Å²) in [6.07, 6.45) is 1.38. The standard InChI is InChI=1S/C22H26N2O5/c1-4-24-15-19(22(26)27)21(25)18-14-17(7-8-20(18)24)6-5-10-28-12-13-29-11-9-23-16(2)3/h7-8,14-15,23H,2,4,9-13H2,1,3H3,(H,26,27). The van der Waals surface area contributed by atoms with Gasteiger partial charge in [-0.1, -0.05) is 18.4 Å². The molecule has 2 rings (SSSR count). The Kier molecular flexibility index (Phi) is 8.46. The van der Waals surface area contributed by atoms with Crippen LogP contribution in [0.1, 0.15) is 29.8 Å². The summed E-state index contributed by atoms with van der Waals surface area (Å²) >= 11 is 0. The van der Waals surface area contributed by atoms with Crippen LogP contribution in [-0.2, 0) is 16.0 Å². The van der Waals surface area contributed by atoms with Crippen molar-refractivity contribution >= 4 is 16.9 Å². The van der Waals surface area contributed by atoms with E-state index in [2.05, 4.69) is 23.7 Å². The summed E-state index contributed by atoms with van der Waals surface area (Å²) in [4.78, 5) is 23.8. The summed E-state index contributed by atoms with van der Waals surface area (Å²) in [5.74, 6) is 4.60. The Balaban J connectivity index is 1.95. The van der Waals surface area contributed by atoms with Gasteiger partial charge in [0, 0.05) is 35.9 Å². The molecule has 154 valence electrons. The van der Waals surface area contributed by atoms with Gasteiger partial charge in [-0.05, 0) is 32.0 Å². The third-order valence-corrected chi connectivity index (χ3v) is 4.10. The van der Waals surface area contributed by atoms with E-state index in [4.69, 9.17) is 9.47 Å². The number of nitrogens with zero attached hydrogens (tertiary/aromatic N) is 1. The Labute approximate surface area is 169 Å². The number of carbonyl (C=O) groups is 1. The Morgan fingerprint density at radius 3 is 2.72 bits per heavy atom. The van der Waals surface area contributed by atoms with Crippen LogP contribution >= 0.6 is 0 Å². The molecule has 7 nitrogen and oxygen atoms in total. The molecule has 0 saturated carbocycles.